The molecule has 0 saturated carbocycles. The molecule has 0 amide bonds. The molecule has 1 aromatic carbocycles. The molecule has 0 unspecified atom stereocenters. The van der Waals surface area contributed by atoms with E-state index in [1.165, 1.54) is 19.1 Å². The van der Waals surface area contributed by atoms with Crippen LogP contribution in [0.15, 0.2) is 23.1 Å². The standard InChI is InChI=1S/C11H11F3OS/c1-7(15)5-8-3-4-9(11(12,13)14)10(6-8)16-2/h3-4,6H,5H2,1-2H3. The number of alkyl halides is 3. The van der Waals surface area contributed by atoms with Crippen molar-refractivity contribution >= 4 is 17.5 Å². The summed E-state index contributed by atoms with van der Waals surface area (Å²) in [6.45, 7) is 1.41. The molecular formula is C11H11F3OS. The zero-order chi connectivity index (χ0) is 12.3. The zero-order valence-corrected chi connectivity index (χ0v) is 9.71. The van der Waals surface area contributed by atoms with Crippen LogP contribution in [0, 0.1) is 0 Å². The third-order valence-electron chi connectivity index (χ3n) is 2.02. The first kappa shape index (κ1) is 13.1. The first-order valence-corrected chi connectivity index (χ1v) is 5.80. The number of rotatable bonds is 3. The third-order valence-corrected chi connectivity index (χ3v) is 2.80. The van der Waals surface area contributed by atoms with Crippen molar-refractivity contribution in [2.75, 3.05) is 6.26 Å². The first-order valence-electron chi connectivity index (χ1n) is 4.58. The highest BCUT2D eigenvalue weighted by atomic mass is 32.2. The summed E-state index contributed by atoms with van der Waals surface area (Å²) in [6.07, 6.45) is -2.58. The summed E-state index contributed by atoms with van der Waals surface area (Å²) >= 11 is 1.03. The van der Waals surface area contributed by atoms with Gasteiger partial charge in [0.25, 0.3) is 0 Å². The van der Waals surface area contributed by atoms with Crippen molar-refractivity contribution in [3.8, 4) is 0 Å². The van der Waals surface area contributed by atoms with E-state index in [4.69, 9.17) is 0 Å². The Balaban J connectivity index is 3.12. The van der Waals surface area contributed by atoms with Crippen LogP contribution in [-0.4, -0.2) is 12.0 Å². The molecule has 5 heteroatoms. The van der Waals surface area contributed by atoms with Gasteiger partial charge in [0.1, 0.15) is 5.78 Å². The van der Waals surface area contributed by atoms with Crippen molar-refractivity contribution in [3.63, 3.8) is 0 Å². The molecule has 88 valence electrons. The van der Waals surface area contributed by atoms with E-state index in [2.05, 4.69) is 0 Å². The molecular weight excluding hydrogens is 237 g/mol. The fraction of sp³-hybridized carbons (Fsp3) is 0.364. The molecule has 0 atom stereocenters. The van der Waals surface area contributed by atoms with Gasteiger partial charge in [-0.2, -0.15) is 13.2 Å². The van der Waals surface area contributed by atoms with Crippen LogP contribution in [0.3, 0.4) is 0 Å². The van der Waals surface area contributed by atoms with Gasteiger partial charge in [0.2, 0.25) is 0 Å². The van der Waals surface area contributed by atoms with Crippen LogP contribution in [-0.2, 0) is 17.4 Å². The number of carbonyl (C=O) groups excluding carboxylic acids is 1. The number of hydrogen-bond acceptors (Lipinski definition) is 2. The van der Waals surface area contributed by atoms with Crippen molar-refractivity contribution in [2.45, 2.75) is 24.4 Å². The van der Waals surface area contributed by atoms with E-state index in [-0.39, 0.29) is 17.1 Å². The topological polar surface area (TPSA) is 17.1 Å². The molecule has 1 rings (SSSR count). The highest BCUT2D eigenvalue weighted by molar-refractivity contribution is 7.98. The molecule has 0 aliphatic heterocycles. The Kier molecular flexibility index (Phi) is 4.02. The average molecular weight is 248 g/mol. The number of halogens is 3. The van der Waals surface area contributed by atoms with E-state index in [1.807, 2.05) is 0 Å². The Morgan fingerprint density at radius 1 is 1.38 bits per heavy atom. The maximum absolute atomic E-state index is 12.5. The Hall–Kier alpha value is -0.970. The van der Waals surface area contributed by atoms with Crippen molar-refractivity contribution in [3.05, 3.63) is 29.3 Å². The van der Waals surface area contributed by atoms with Gasteiger partial charge in [-0.25, -0.2) is 0 Å². The molecule has 0 aliphatic carbocycles. The number of Topliss-reactive ketones (excluding diaryl/α,β-unsaturated/α-hetero) is 1. The Labute approximate surface area is 96.0 Å². The van der Waals surface area contributed by atoms with Gasteiger partial charge in [-0.05, 0) is 30.9 Å². The zero-order valence-electron chi connectivity index (χ0n) is 8.89. The molecule has 0 bridgehead atoms. The first-order chi connectivity index (χ1) is 7.34. The monoisotopic (exact) mass is 248 g/mol. The quantitative estimate of drug-likeness (QED) is 0.761. The number of carbonyl (C=O) groups is 1. The maximum atomic E-state index is 12.5. The van der Waals surface area contributed by atoms with Crippen LogP contribution >= 0.6 is 11.8 Å². The molecule has 0 spiro atoms. The lowest BCUT2D eigenvalue weighted by Crippen LogP contribution is -2.07. The smallest absolute Gasteiger partial charge is 0.300 e. The van der Waals surface area contributed by atoms with Crippen molar-refractivity contribution in [1.29, 1.82) is 0 Å². The Morgan fingerprint density at radius 3 is 2.44 bits per heavy atom. The fourth-order valence-corrected chi connectivity index (χ4v) is 2.04. The number of ketones is 1. The summed E-state index contributed by atoms with van der Waals surface area (Å²) in [6, 6.07) is 3.81. The second-order valence-corrected chi connectivity index (χ2v) is 4.26. The fourth-order valence-electron chi connectivity index (χ4n) is 1.37. The SMILES string of the molecule is CSc1cc(CC(C)=O)ccc1C(F)(F)F. The van der Waals surface area contributed by atoms with Gasteiger partial charge in [0.05, 0.1) is 5.56 Å². The van der Waals surface area contributed by atoms with Crippen molar-refractivity contribution in [1.82, 2.24) is 0 Å². The molecule has 0 heterocycles. The highest BCUT2D eigenvalue weighted by Gasteiger charge is 2.33. The molecule has 0 fully saturated rings. The lowest BCUT2D eigenvalue weighted by atomic mass is 10.1. The second kappa shape index (κ2) is 4.91. The Bertz CT molecular complexity index is 399. The molecule has 1 aromatic rings. The lowest BCUT2D eigenvalue weighted by molar-refractivity contribution is -0.139. The molecule has 0 aromatic heterocycles. The van der Waals surface area contributed by atoms with Gasteiger partial charge >= 0.3 is 6.18 Å². The summed E-state index contributed by atoms with van der Waals surface area (Å²) in [5, 5.41) is 0. The van der Waals surface area contributed by atoms with E-state index in [1.54, 1.807) is 6.26 Å². The summed E-state index contributed by atoms with van der Waals surface area (Å²) < 4.78 is 37.6. The van der Waals surface area contributed by atoms with Crippen LogP contribution < -0.4 is 0 Å². The van der Waals surface area contributed by atoms with Crippen LogP contribution in [0.25, 0.3) is 0 Å². The molecule has 0 aliphatic rings. The van der Waals surface area contributed by atoms with Crippen molar-refractivity contribution in [2.24, 2.45) is 0 Å². The van der Waals surface area contributed by atoms with Gasteiger partial charge < -0.3 is 0 Å². The largest absolute Gasteiger partial charge is 0.417 e. The number of benzene rings is 1. The third kappa shape index (κ3) is 3.27. The summed E-state index contributed by atoms with van der Waals surface area (Å²) in [5.41, 5.74) is -0.0304. The maximum Gasteiger partial charge on any atom is 0.417 e. The summed E-state index contributed by atoms with van der Waals surface area (Å²) in [4.78, 5) is 11.0. The van der Waals surface area contributed by atoms with E-state index in [9.17, 15) is 18.0 Å². The number of hydrogen-bond donors (Lipinski definition) is 0. The van der Waals surface area contributed by atoms with Crippen LogP contribution in [0.2, 0.25) is 0 Å². The lowest BCUT2D eigenvalue weighted by Gasteiger charge is -2.12. The minimum absolute atomic E-state index is 0.0631. The molecule has 1 nitrogen and oxygen atoms in total. The minimum atomic E-state index is -4.34. The highest BCUT2D eigenvalue weighted by Crippen LogP contribution is 2.36. The predicted molar refractivity (Wildman–Crippen MR) is 57.6 cm³/mol. The van der Waals surface area contributed by atoms with Crippen LogP contribution in [0.1, 0.15) is 18.1 Å². The summed E-state index contributed by atoms with van der Waals surface area (Å²) in [7, 11) is 0. The second-order valence-electron chi connectivity index (χ2n) is 3.41. The van der Waals surface area contributed by atoms with Gasteiger partial charge in [0.15, 0.2) is 0 Å². The molecule has 0 N–H and O–H groups in total. The minimum Gasteiger partial charge on any atom is -0.300 e. The van der Waals surface area contributed by atoms with E-state index >= 15 is 0 Å². The Morgan fingerprint density at radius 2 is 2.00 bits per heavy atom. The van der Waals surface area contributed by atoms with Gasteiger partial charge in [-0.1, -0.05) is 6.07 Å². The van der Waals surface area contributed by atoms with Gasteiger partial charge in [-0.15, -0.1) is 11.8 Å². The number of thioether (sulfide) groups is 1. The molecule has 0 saturated heterocycles. The van der Waals surface area contributed by atoms with Crippen molar-refractivity contribution < 1.29 is 18.0 Å². The normalized spacial score (nSPS) is 11.6. The summed E-state index contributed by atoms with van der Waals surface area (Å²) in [5.74, 6) is -0.0631. The van der Waals surface area contributed by atoms with E-state index < -0.39 is 11.7 Å². The van der Waals surface area contributed by atoms with Gasteiger partial charge in [0, 0.05) is 11.3 Å². The molecule has 16 heavy (non-hydrogen) atoms. The van der Waals surface area contributed by atoms with Crippen LogP contribution in [0.5, 0.6) is 0 Å². The molecule has 0 radical (unpaired) electrons. The predicted octanol–water partition coefficient (Wildman–Crippen LogP) is 3.56. The van der Waals surface area contributed by atoms with E-state index in [0.717, 1.165) is 17.8 Å². The van der Waals surface area contributed by atoms with E-state index in [0.29, 0.717) is 5.56 Å². The van der Waals surface area contributed by atoms with Crippen LogP contribution in [0.4, 0.5) is 13.2 Å². The average Bonchev–Trinajstić information content (AvgIpc) is 2.14. The van der Waals surface area contributed by atoms with Gasteiger partial charge in [-0.3, -0.25) is 4.79 Å².